The number of nitrogens with one attached hydrogen (secondary N) is 2. The van der Waals surface area contributed by atoms with E-state index in [-0.39, 0.29) is 23.0 Å². The predicted molar refractivity (Wildman–Crippen MR) is 143 cm³/mol. The Kier molecular flexibility index (Phi) is 5.43. The summed E-state index contributed by atoms with van der Waals surface area (Å²) < 4.78 is 9.15. The van der Waals surface area contributed by atoms with Crippen LogP contribution in [0.15, 0.2) is 35.2 Å². The van der Waals surface area contributed by atoms with Crippen molar-refractivity contribution in [3.8, 4) is 0 Å². The minimum absolute atomic E-state index is 0.0873. The van der Waals surface area contributed by atoms with Crippen LogP contribution in [0.25, 0.3) is 16.5 Å². The van der Waals surface area contributed by atoms with Gasteiger partial charge in [-0.15, -0.1) is 0 Å². The van der Waals surface area contributed by atoms with E-state index < -0.39 is 5.60 Å². The number of rotatable bonds is 6. The van der Waals surface area contributed by atoms with Crippen LogP contribution in [-0.4, -0.2) is 46.1 Å². The first-order chi connectivity index (χ1) is 17.0. The molecule has 3 saturated carbocycles. The van der Waals surface area contributed by atoms with Gasteiger partial charge in [-0.3, -0.25) is 9.52 Å². The molecule has 0 bridgehead atoms. The van der Waals surface area contributed by atoms with E-state index in [1.807, 2.05) is 26.8 Å². The maximum Gasteiger partial charge on any atom is 0.410 e. The molecule has 36 heavy (non-hydrogen) atoms. The molecular weight excluding hydrogens is 472 g/mol. The largest absolute Gasteiger partial charge is 0.444 e. The van der Waals surface area contributed by atoms with E-state index in [0.717, 1.165) is 40.6 Å². The molecule has 4 aliphatic rings. The van der Waals surface area contributed by atoms with Crippen LogP contribution in [0.2, 0.25) is 0 Å². The van der Waals surface area contributed by atoms with Gasteiger partial charge in [-0.05, 0) is 113 Å². The Morgan fingerprint density at radius 1 is 1.19 bits per heavy atom. The van der Waals surface area contributed by atoms with Crippen molar-refractivity contribution in [2.45, 2.75) is 75.8 Å². The standard InChI is InChI=1S/C28H34N4O3S/c1-26(2,3)35-25(34)32-11-7-17(8-12-32)21-13-19(36-31-27(4)9-10-27)14-22-20(21)5-6-23(29-22)30-24(33)28-15-18(28)16-28/h5-7,13-14,18,31H,8-12,15-16H2,1-4H3,(H,29,30,33). The van der Waals surface area contributed by atoms with Gasteiger partial charge in [0.25, 0.3) is 0 Å². The van der Waals surface area contributed by atoms with E-state index in [9.17, 15) is 9.59 Å². The Labute approximate surface area is 216 Å². The molecular formula is C28H34N4O3S. The lowest BCUT2D eigenvalue weighted by molar-refractivity contribution is -0.119. The average molecular weight is 507 g/mol. The van der Waals surface area contributed by atoms with E-state index in [1.54, 1.807) is 16.8 Å². The van der Waals surface area contributed by atoms with Crippen LogP contribution in [0, 0.1) is 11.3 Å². The summed E-state index contributed by atoms with van der Waals surface area (Å²) in [4.78, 5) is 32.9. The highest BCUT2D eigenvalue weighted by Crippen LogP contribution is 2.75. The number of hydrogen-bond acceptors (Lipinski definition) is 6. The third kappa shape index (κ3) is 4.73. The average Bonchev–Trinajstić information content (AvgIpc) is 3.73. The van der Waals surface area contributed by atoms with Crippen molar-refractivity contribution in [1.29, 1.82) is 0 Å². The molecule has 3 aliphatic carbocycles. The first kappa shape index (κ1) is 23.8. The SMILES string of the molecule is CC1(NSc2cc(C3=CCN(C(=O)OC(C)(C)C)CC3)c3ccc(NC(=O)C45CC4C5)nc3c2)CC1. The Bertz CT molecular complexity index is 1290. The number of carbonyl (C=O) groups is 2. The summed E-state index contributed by atoms with van der Waals surface area (Å²) >= 11 is 1.65. The van der Waals surface area contributed by atoms with Crippen molar-refractivity contribution in [2.24, 2.45) is 11.3 Å². The van der Waals surface area contributed by atoms with Crippen molar-refractivity contribution in [2.75, 3.05) is 18.4 Å². The smallest absolute Gasteiger partial charge is 0.410 e. The van der Waals surface area contributed by atoms with Crippen LogP contribution < -0.4 is 10.0 Å². The molecule has 0 atom stereocenters. The number of ether oxygens (including phenoxy) is 1. The lowest BCUT2D eigenvalue weighted by Crippen LogP contribution is -2.39. The summed E-state index contributed by atoms with van der Waals surface area (Å²) in [5.41, 5.74) is 2.81. The van der Waals surface area contributed by atoms with Gasteiger partial charge >= 0.3 is 6.09 Å². The fourth-order valence-corrected chi connectivity index (χ4v) is 5.71. The second-order valence-corrected chi connectivity index (χ2v) is 13.0. The van der Waals surface area contributed by atoms with Crippen LogP contribution in [0.5, 0.6) is 0 Å². The predicted octanol–water partition coefficient (Wildman–Crippen LogP) is 5.76. The summed E-state index contributed by atoms with van der Waals surface area (Å²) in [6.07, 6.45) is 7.01. The third-order valence-electron chi connectivity index (χ3n) is 7.78. The van der Waals surface area contributed by atoms with Gasteiger partial charge in [0.1, 0.15) is 11.4 Å². The molecule has 3 fully saturated rings. The van der Waals surface area contributed by atoms with Gasteiger partial charge in [0.05, 0.1) is 10.9 Å². The minimum atomic E-state index is -0.508. The Balaban J connectivity index is 1.27. The number of nitrogens with zero attached hydrogens (tertiary/aromatic N) is 2. The first-order valence-corrected chi connectivity index (χ1v) is 13.7. The summed E-state index contributed by atoms with van der Waals surface area (Å²) in [6.45, 7) is 9.03. The van der Waals surface area contributed by atoms with Gasteiger partial charge in [0.15, 0.2) is 0 Å². The molecule has 2 amide bonds. The molecule has 1 aromatic carbocycles. The molecule has 2 aromatic rings. The fraction of sp³-hybridized carbons (Fsp3) is 0.536. The summed E-state index contributed by atoms with van der Waals surface area (Å²) in [5.74, 6) is 1.33. The summed E-state index contributed by atoms with van der Waals surface area (Å²) in [5, 5.41) is 4.11. The number of fused-ring (bicyclic) bond motifs is 2. The molecule has 8 heteroatoms. The zero-order valence-corrected chi connectivity index (χ0v) is 22.3. The zero-order valence-electron chi connectivity index (χ0n) is 21.4. The topological polar surface area (TPSA) is 83.6 Å². The quantitative estimate of drug-likeness (QED) is 0.485. The van der Waals surface area contributed by atoms with E-state index in [2.05, 4.69) is 41.2 Å². The van der Waals surface area contributed by atoms with Gasteiger partial charge in [0.2, 0.25) is 5.91 Å². The molecule has 6 rings (SSSR count). The molecule has 7 nitrogen and oxygen atoms in total. The van der Waals surface area contributed by atoms with E-state index in [4.69, 9.17) is 9.72 Å². The molecule has 2 N–H and O–H groups in total. The number of carbonyl (C=O) groups excluding carboxylic acids is 2. The van der Waals surface area contributed by atoms with Crippen molar-refractivity contribution < 1.29 is 14.3 Å². The van der Waals surface area contributed by atoms with E-state index in [0.29, 0.717) is 24.8 Å². The van der Waals surface area contributed by atoms with E-state index >= 15 is 0 Å². The van der Waals surface area contributed by atoms with Crippen LogP contribution in [0.3, 0.4) is 0 Å². The molecule has 0 radical (unpaired) electrons. The Morgan fingerprint density at radius 2 is 1.94 bits per heavy atom. The molecule has 2 heterocycles. The van der Waals surface area contributed by atoms with Crippen molar-refractivity contribution >= 4 is 46.2 Å². The van der Waals surface area contributed by atoms with Crippen molar-refractivity contribution in [1.82, 2.24) is 14.6 Å². The number of amides is 2. The maximum atomic E-state index is 12.6. The molecule has 190 valence electrons. The molecule has 0 spiro atoms. The number of pyridine rings is 1. The molecule has 0 unspecified atom stereocenters. The monoisotopic (exact) mass is 506 g/mol. The Morgan fingerprint density at radius 3 is 2.56 bits per heavy atom. The summed E-state index contributed by atoms with van der Waals surface area (Å²) in [6, 6.07) is 8.29. The van der Waals surface area contributed by atoms with Gasteiger partial charge < -0.3 is 15.0 Å². The van der Waals surface area contributed by atoms with Gasteiger partial charge in [-0.25, -0.2) is 9.78 Å². The lowest BCUT2D eigenvalue weighted by atomic mass is 9.95. The van der Waals surface area contributed by atoms with Crippen LogP contribution >= 0.6 is 11.9 Å². The highest BCUT2D eigenvalue weighted by atomic mass is 32.2. The maximum absolute atomic E-state index is 12.6. The molecule has 1 aliphatic heterocycles. The molecule has 1 aromatic heterocycles. The summed E-state index contributed by atoms with van der Waals surface area (Å²) in [7, 11) is 0. The van der Waals surface area contributed by atoms with Crippen LogP contribution in [0.4, 0.5) is 10.6 Å². The van der Waals surface area contributed by atoms with Gasteiger partial charge in [0, 0.05) is 28.9 Å². The minimum Gasteiger partial charge on any atom is -0.444 e. The van der Waals surface area contributed by atoms with Crippen molar-refractivity contribution in [3.05, 3.63) is 35.9 Å². The second-order valence-electron chi connectivity index (χ2n) is 12.1. The van der Waals surface area contributed by atoms with Crippen LogP contribution in [0.1, 0.15) is 65.4 Å². The normalized spacial score (nSPS) is 25.6. The highest BCUT2D eigenvalue weighted by Gasteiger charge is 2.74. The highest BCUT2D eigenvalue weighted by molar-refractivity contribution is 7.97. The lowest BCUT2D eigenvalue weighted by Gasteiger charge is -2.30. The number of anilines is 1. The van der Waals surface area contributed by atoms with Gasteiger partial charge in [-0.2, -0.15) is 0 Å². The van der Waals surface area contributed by atoms with Gasteiger partial charge in [-0.1, -0.05) is 6.08 Å². The second kappa shape index (κ2) is 8.21. The Hall–Kier alpha value is -2.58. The number of aromatic nitrogens is 1. The fourth-order valence-electron chi connectivity index (χ4n) is 4.79. The third-order valence-corrected chi connectivity index (χ3v) is 8.85. The molecule has 0 saturated heterocycles. The van der Waals surface area contributed by atoms with Crippen molar-refractivity contribution in [3.63, 3.8) is 0 Å². The first-order valence-electron chi connectivity index (χ1n) is 12.9. The number of benzene rings is 1. The number of hydrogen-bond donors (Lipinski definition) is 2. The van der Waals surface area contributed by atoms with Crippen LogP contribution in [-0.2, 0) is 9.53 Å². The zero-order chi connectivity index (χ0) is 25.3. The van der Waals surface area contributed by atoms with E-state index in [1.165, 1.54) is 18.4 Å².